The fourth-order valence-corrected chi connectivity index (χ4v) is 9.68. The Morgan fingerprint density at radius 3 is 0.875 bits per heavy atom. The summed E-state index contributed by atoms with van der Waals surface area (Å²) in [5.74, 6) is -0.0880. The van der Waals surface area contributed by atoms with Gasteiger partial charge in [0.2, 0.25) is 5.91 Å². The molecule has 3 N–H and O–H groups in total. The van der Waals surface area contributed by atoms with Crippen molar-refractivity contribution in [2.24, 2.45) is 0 Å². The quantitative estimate of drug-likeness (QED) is 0.0420. The van der Waals surface area contributed by atoms with Gasteiger partial charge in [-0.3, -0.25) is 4.79 Å². The molecule has 0 aliphatic rings. The summed E-state index contributed by atoms with van der Waals surface area (Å²) >= 11 is 0. The van der Waals surface area contributed by atoms with Gasteiger partial charge in [0.25, 0.3) is 0 Å². The topological polar surface area (TPSA) is 69.6 Å². The lowest BCUT2D eigenvalue weighted by Gasteiger charge is -2.19. The second-order valence-electron chi connectivity index (χ2n) is 22.5. The molecule has 0 aliphatic carbocycles. The number of carbonyl (C=O) groups is 1. The zero-order valence-electron chi connectivity index (χ0n) is 52.5. The van der Waals surface area contributed by atoms with Crippen LogP contribution in [0.2, 0.25) is 0 Å². The average Bonchev–Trinajstić information content (AvgIpc) is 3.46. The van der Waals surface area contributed by atoms with E-state index in [2.05, 4.69) is 153 Å². The van der Waals surface area contributed by atoms with Crippen LogP contribution in [0.5, 0.6) is 0 Å². The zero-order chi connectivity index (χ0) is 57.6. The van der Waals surface area contributed by atoms with Crippen molar-refractivity contribution in [1.29, 1.82) is 0 Å². The molecule has 80 heavy (non-hydrogen) atoms. The van der Waals surface area contributed by atoms with E-state index in [1.807, 2.05) is 6.08 Å². The van der Waals surface area contributed by atoms with Gasteiger partial charge in [-0.2, -0.15) is 0 Å². The van der Waals surface area contributed by atoms with Gasteiger partial charge in [-0.25, -0.2) is 0 Å². The Morgan fingerprint density at radius 2 is 0.562 bits per heavy atom. The SMILES string of the molecule is CC/C=C\C/C=C\C/C=C\C/C=C\C/C=C\C/C=C\C/C=C\C/C=C\C/C=C\CCCCCCCCCCCC(=O)NC(CO)C(O)/C=C/CC/C=C/CC/C=C/CCCCCCCCCCCCCCCCCCCCCCC. The summed E-state index contributed by atoms with van der Waals surface area (Å²) in [6.07, 6.45) is 109. The van der Waals surface area contributed by atoms with Crippen molar-refractivity contribution in [3.05, 3.63) is 146 Å². The number of allylic oxidation sites excluding steroid dienone is 23. The van der Waals surface area contributed by atoms with Gasteiger partial charge < -0.3 is 15.5 Å². The van der Waals surface area contributed by atoms with Crippen molar-refractivity contribution in [2.75, 3.05) is 6.61 Å². The molecule has 0 aromatic heterocycles. The smallest absolute Gasteiger partial charge is 0.220 e. The molecule has 0 spiro atoms. The van der Waals surface area contributed by atoms with E-state index in [4.69, 9.17) is 0 Å². The van der Waals surface area contributed by atoms with Crippen LogP contribution >= 0.6 is 0 Å². The lowest BCUT2D eigenvalue weighted by molar-refractivity contribution is -0.123. The monoisotopic (exact) mass is 1100 g/mol. The maximum Gasteiger partial charge on any atom is 0.220 e. The summed E-state index contributed by atoms with van der Waals surface area (Å²) in [7, 11) is 0. The highest BCUT2D eigenvalue weighted by Crippen LogP contribution is 2.17. The Hall–Kier alpha value is -3.73. The van der Waals surface area contributed by atoms with E-state index in [0.717, 1.165) is 103 Å². The number of hydrogen-bond acceptors (Lipinski definition) is 3. The molecule has 0 bridgehead atoms. The predicted octanol–water partition coefficient (Wildman–Crippen LogP) is 23.5. The molecule has 2 atom stereocenters. The molecule has 0 aromatic rings. The zero-order valence-corrected chi connectivity index (χ0v) is 52.5. The molecule has 0 fully saturated rings. The molecule has 0 saturated carbocycles. The number of hydrogen-bond donors (Lipinski definition) is 3. The van der Waals surface area contributed by atoms with Crippen LogP contribution in [0.15, 0.2) is 146 Å². The average molecular weight is 1100 g/mol. The molecule has 0 aliphatic heterocycles. The maximum atomic E-state index is 12.5. The van der Waals surface area contributed by atoms with Crippen LogP contribution in [0.1, 0.15) is 309 Å². The number of unbranched alkanes of at least 4 members (excludes halogenated alkanes) is 32. The summed E-state index contributed by atoms with van der Waals surface area (Å²) in [5, 5.41) is 23.2. The van der Waals surface area contributed by atoms with Gasteiger partial charge in [-0.1, -0.05) is 333 Å². The molecule has 2 unspecified atom stereocenters. The maximum absolute atomic E-state index is 12.5. The minimum absolute atomic E-state index is 0.0880. The van der Waals surface area contributed by atoms with Crippen molar-refractivity contribution in [1.82, 2.24) is 5.32 Å². The highest BCUT2D eigenvalue weighted by molar-refractivity contribution is 5.76. The van der Waals surface area contributed by atoms with Gasteiger partial charge in [0.15, 0.2) is 0 Å². The van der Waals surface area contributed by atoms with Crippen LogP contribution in [-0.2, 0) is 4.79 Å². The van der Waals surface area contributed by atoms with Gasteiger partial charge in [0, 0.05) is 6.42 Å². The van der Waals surface area contributed by atoms with E-state index < -0.39 is 12.1 Å². The van der Waals surface area contributed by atoms with Crippen LogP contribution in [0, 0.1) is 0 Å². The van der Waals surface area contributed by atoms with Crippen molar-refractivity contribution < 1.29 is 15.0 Å². The molecular weight excluding hydrogens is 975 g/mol. The number of nitrogens with one attached hydrogen (secondary N) is 1. The second-order valence-corrected chi connectivity index (χ2v) is 22.5. The molecular formula is C76H129NO3. The lowest BCUT2D eigenvalue weighted by Crippen LogP contribution is -2.45. The minimum atomic E-state index is -0.885. The van der Waals surface area contributed by atoms with Gasteiger partial charge in [0.1, 0.15) is 0 Å². The molecule has 4 heteroatoms. The van der Waals surface area contributed by atoms with Crippen LogP contribution < -0.4 is 5.32 Å². The first kappa shape index (κ1) is 76.3. The van der Waals surface area contributed by atoms with E-state index in [-0.39, 0.29) is 12.5 Å². The van der Waals surface area contributed by atoms with Crippen molar-refractivity contribution in [2.45, 2.75) is 321 Å². The highest BCUT2D eigenvalue weighted by atomic mass is 16.3. The molecule has 1 amide bonds. The highest BCUT2D eigenvalue weighted by Gasteiger charge is 2.18. The molecule has 0 saturated heterocycles. The number of aliphatic hydroxyl groups excluding tert-OH is 2. The fraction of sp³-hybridized carbons (Fsp3) is 0.671. The molecule has 0 radical (unpaired) electrons. The fourth-order valence-electron chi connectivity index (χ4n) is 9.68. The summed E-state index contributed by atoms with van der Waals surface area (Å²) in [6, 6.07) is -0.661. The van der Waals surface area contributed by atoms with Crippen molar-refractivity contribution >= 4 is 5.91 Å². The van der Waals surface area contributed by atoms with Crippen LogP contribution in [-0.4, -0.2) is 34.9 Å². The molecule has 4 nitrogen and oxygen atoms in total. The third-order valence-corrected chi connectivity index (χ3v) is 14.8. The third kappa shape index (κ3) is 65.1. The Morgan fingerprint density at radius 1 is 0.312 bits per heavy atom. The largest absolute Gasteiger partial charge is 0.394 e. The number of carbonyl (C=O) groups excluding carboxylic acids is 1. The molecule has 456 valence electrons. The Labute approximate surface area is 497 Å². The van der Waals surface area contributed by atoms with Crippen LogP contribution in [0.3, 0.4) is 0 Å². The Balaban J connectivity index is 3.62. The summed E-state index contributed by atoms with van der Waals surface area (Å²) in [6.45, 7) is 4.19. The van der Waals surface area contributed by atoms with E-state index in [1.54, 1.807) is 6.08 Å². The first-order valence-electron chi connectivity index (χ1n) is 34.0. The van der Waals surface area contributed by atoms with Crippen molar-refractivity contribution in [3.8, 4) is 0 Å². The van der Waals surface area contributed by atoms with Gasteiger partial charge >= 0.3 is 0 Å². The lowest BCUT2D eigenvalue weighted by atomic mass is 10.0. The van der Waals surface area contributed by atoms with E-state index in [0.29, 0.717) is 6.42 Å². The standard InChI is InChI=1S/C76H129NO3/c1-3-5-7-9-11-13-15-17-19-21-23-25-27-29-31-33-35-36-37-38-39-40-42-44-46-48-50-52-54-56-58-60-62-64-66-68-70-72-76(80)77-74(73-78)75(79)71-69-67-65-63-61-59-57-55-53-51-49-47-45-43-41-34-32-30-28-26-24-22-20-18-16-14-12-10-8-6-4-2/h5,7,11,13,17,19,23,25,29,31,35-36,38-39,42,44,48,50,53,55,61,63,69,71,74-75,78-79H,3-4,6,8-10,12,14-16,18,20-22,24,26-28,30,32-34,37,40-41,43,45-47,49,51-52,54,56-60,62,64-68,70,72-73H2,1-2H3,(H,77,80)/b7-5-,13-11-,19-17-,25-23-,31-29-,36-35-,39-38-,44-42-,50-48-,55-53+,63-61+,71-69+. The van der Waals surface area contributed by atoms with E-state index in [9.17, 15) is 15.0 Å². The molecule has 0 heterocycles. The van der Waals surface area contributed by atoms with E-state index in [1.165, 1.54) is 186 Å². The molecule has 0 aromatic carbocycles. The first-order valence-corrected chi connectivity index (χ1v) is 34.0. The number of amides is 1. The number of aliphatic hydroxyl groups is 2. The van der Waals surface area contributed by atoms with Crippen LogP contribution in [0.25, 0.3) is 0 Å². The van der Waals surface area contributed by atoms with Gasteiger partial charge in [0.05, 0.1) is 18.8 Å². The summed E-state index contributed by atoms with van der Waals surface area (Å²) < 4.78 is 0. The Bertz CT molecular complexity index is 1630. The van der Waals surface area contributed by atoms with Gasteiger partial charge in [-0.15, -0.1) is 0 Å². The number of rotatable bonds is 61. The summed E-state index contributed by atoms with van der Waals surface area (Å²) in [4.78, 5) is 12.5. The van der Waals surface area contributed by atoms with Crippen LogP contribution in [0.4, 0.5) is 0 Å². The van der Waals surface area contributed by atoms with Gasteiger partial charge in [-0.05, 0) is 116 Å². The first-order chi connectivity index (χ1) is 39.7. The predicted molar refractivity (Wildman–Crippen MR) is 358 cm³/mol. The normalized spacial score (nSPS) is 13.7. The van der Waals surface area contributed by atoms with E-state index >= 15 is 0 Å². The molecule has 0 rings (SSSR count). The van der Waals surface area contributed by atoms with Crippen molar-refractivity contribution in [3.63, 3.8) is 0 Å². The minimum Gasteiger partial charge on any atom is -0.394 e. The third-order valence-electron chi connectivity index (χ3n) is 14.8. The summed E-state index contributed by atoms with van der Waals surface area (Å²) in [5.41, 5.74) is 0. The second kappa shape index (κ2) is 69.5. The Kier molecular flexibility index (Phi) is 66.3.